The molecule has 2 aromatic carbocycles. The van der Waals surface area contributed by atoms with Gasteiger partial charge in [-0.1, -0.05) is 74.4 Å². The molecule has 0 amide bonds. The lowest BCUT2D eigenvalue weighted by Crippen LogP contribution is -2.58. The van der Waals surface area contributed by atoms with Crippen LogP contribution in [-0.4, -0.2) is 43.9 Å². The molecule has 1 saturated heterocycles. The minimum atomic E-state index is -4.87. The van der Waals surface area contributed by atoms with E-state index in [0.717, 1.165) is 5.56 Å². The third-order valence-electron chi connectivity index (χ3n) is 6.29. The quantitative estimate of drug-likeness (QED) is 0.0961. The van der Waals surface area contributed by atoms with E-state index in [1.54, 1.807) is 18.2 Å². The second-order valence-electron chi connectivity index (χ2n) is 8.96. The van der Waals surface area contributed by atoms with E-state index >= 15 is 0 Å². The fourth-order valence-corrected chi connectivity index (χ4v) is 3.82. The first-order valence-electron chi connectivity index (χ1n) is 11.4. The first-order valence-corrected chi connectivity index (χ1v) is 11.4. The number of rotatable bonds is 9. The van der Waals surface area contributed by atoms with Gasteiger partial charge >= 0.3 is 6.18 Å². The third kappa shape index (κ3) is 7.20. The molecule has 1 aliphatic rings. The highest BCUT2D eigenvalue weighted by Gasteiger charge is 2.52. The molecule has 11 heteroatoms. The molecule has 2 aromatic rings. The monoisotopic (exact) mass is 506 g/mol. The van der Waals surface area contributed by atoms with Gasteiger partial charge in [-0.25, -0.2) is 4.99 Å². The van der Waals surface area contributed by atoms with E-state index in [1.807, 2.05) is 51.1 Å². The molecular formula is C25H29F3N4O4. The number of aliphatic imine (C=N–C) groups is 1. The zero-order valence-electron chi connectivity index (χ0n) is 20.3. The van der Waals surface area contributed by atoms with Crippen LogP contribution in [0.2, 0.25) is 0 Å². The van der Waals surface area contributed by atoms with Crippen LogP contribution in [-0.2, 0) is 25.6 Å². The summed E-state index contributed by atoms with van der Waals surface area (Å²) in [7, 11) is 0. The Hall–Kier alpha value is -3.11. The lowest BCUT2D eigenvalue weighted by Gasteiger charge is -2.50. The molecule has 1 heterocycles. The van der Waals surface area contributed by atoms with Crippen molar-refractivity contribution in [2.45, 2.75) is 52.1 Å². The van der Waals surface area contributed by atoms with E-state index in [4.69, 9.17) is 24.5 Å². The Morgan fingerprint density at radius 2 is 1.72 bits per heavy atom. The maximum atomic E-state index is 13.9. The average molecular weight is 507 g/mol. The maximum Gasteiger partial charge on any atom is 0.468 e. The number of hydrogen-bond donors (Lipinski definition) is 0. The molecule has 0 saturated carbocycles. The first-order chi connectivity index (χ1) is 17.1. The van der Waals surface area contributed by atoms with Crippen molar-refractivity contribution in [3.63, 3.8) is 0 Å². The molecule has 4 atom stereocenters. The van der Waals surface area contributed by atoms with Gasteiger partial charge in [0.1, 0.15) is 12.8 Å². The molecule has 0 bridgehead atoms. The predicted octanol–water partition coefficient (Wildman–Crippen LogP) is 6.55. The number of ether oxygens (including phenoxy) is 4. The summed E-state index contributed by atoms with van der Waals surface area (Å²) < 4.78 is 64.8. The van der Waals surface area contributed by atoms with E-state index in [1.165, 1.54) is 12.1 Å². The van der Waals surface area contributed by atoms with Crippen LogP contribution in [0.3, 0.4) is 0 Å². The van der Waals surface area contributed by atoms with Gasteiger partial charge in [-0.05, 0) is 34.6 Å². The Morgan fingerprint density at radius 3 is 2.33 bits per heavy atom. The van der Waals surface area contributed by atoms with Gasteiger partial charge in [0.05, 0.1) is 25.0 Å². The van der Waals surface area contributed by atoms with Crippen molar-refractivity contribution < 1.29 is 32.1 Å². The van der Waals surface area contributed by atoms with Crippen LogP contribution in [0.4, 0.5) is 18.9 Å². The van der Waals surface area contributed by atoms with Crippen molar-refractivity contribution in [2.75, 3.05) is 13.3 Å². The lowest BCUT2D eigenvalue weighted by atomic mass is 9.70. The van der Waals surface area contributed by atoms with E-state index in [9.17, 15) is 13.2 Å². The normalized spacial score (nSPS) is 24.1. The van der Waals surface area contributed by atoms with Crippen molar-refractivity contribution in [1.29, 1.82) is 0 Å². The molecule has 3 rings (SSSR count). The Balaban J connectivity index is 1.90. The van der Waals surface area contributed by atoms with Gasteiger partial charge in [-0.15, -0.1) is 0 Å². The van der Waals surface area contributed by atoms with E-state index in [-0.39, 0.29) is 31.5 Å². The molecule has 0 aromatic heterocycles. The number of halogens is 3. The number of hydrogen-bond acceptors (Lipinski definition) is 6. The Labute approximate surface area is 207 Å². The van der Waals surface area contributed by atoms with Crippen LogP contribution < -0.4 is 0 Å². The maximum absolute atomic E-state index is 13.9. The van der Waals surface area contributed by atoms with Crippen LogP contribution in [0, 0.1) is 11.3 Å². The van der Waals surface area contributed by atoms with Crippen molar-refractivity contribution in [3.8, 4) is 0 Å². The molecule has 8 nitrogen and oxygen atoms in total. The molecule has 0 N–H and O–H groups in total. The van der Waals surface area contributed by atoms with E-state index in [2.05, 4.69) is 15.0 Å². The summed E-state index contributed by atoms with van der Waals surface area (Å²) in [5.74, 6) is -1.74. The van der Waals surface area contributed by atoms with Crippen LogP contribution in [0.15, 0.2) is 70.8 Å². The molecule has 36 heavy (non-hydrogen) atoms. The highest BCUT2D eigenvalue weighted by atomic mass is 19.4. The molecule has 194 valence electrons. The van der Waals surface area contributed by atoms with E-state index < -0.39 is 36.0 Å². The number of nitrogens with zero attached hydrogens (tertiary/aromatic N) is 4. The molecule has 0 radical (unpaired) electrons. The predicted molar refractivity (Wildman–Crippen MR) is 127 cm³/mol. The highest BCUT2D eigenvalue weighted by molar-refractivity contribution is 5.84. The average Bonchev–Trinajstić information content (AvgIpc) is 2.85. The summed E-state index contributed by atoms with van der Waals surface area (Å²) in [6, 6.07) is 17.0. The second-order valence-corrected chi connectivity index (χ2v) is 8.96. The standard InChI is InChI=1S/C25H29F3N4O4/c1-17-21(34-14-18-10-6-4-7-11-18)22(35-20(24(17,2)3)15-33-16-30-32-29)36-23(25(26,27)28)31-19-12-8-5-9-13-19/h4-13,17,20-22H,14-16H2,1-3H3/t17-,20?,21?,22?/m1/s1. The zero-order chi connectivity index (χ0) is 26.2. The number of para-hydroxylation sites is 1. The van der Waals surface area contributed by atoms with Crippen molar-refractivity contribution in [3.05, 3.63) is 76.7 Å². The highest BCUT2D eigenvalue weighted by Crippen LogP contribution is 2.43. The summed E-state index contributed by atoms with van der Waals surface area (Å²) in [5, 5.41) is 3.33. The summed E-state index contributed by atoms with van der Waals surface area (Å²) in [5.41, 5.74) is 8.83. The molecule has 0 spiro atoms. The van der Waals surface area contributed by atoms with Gasteiger partial charge in [-0.2, -0.15) is 13.2 Å². The summed E-state index contributed by atoms with van der Waals surface area (Å²) in [6.07, 6.45) is -7.81. The van der Waals surface area contributed by atoms with Crippen molar-refractivity contribution in [2.24, 2.45) is 21.4 Å². The smallest absolute Gasteiger partial charge is 0.441 e. The van der Waals surface area contributed by atoms with Gasteiger partial charge in [0.15, 0.2) is 0 Å². The lowest BCUT2D eigenvalue weighted by molar-refractivity contribution is -0.292. The van der Waals surface area contributed by atoms with Gasteiger partial charge in [0.2, 0.25) is 6.29 Å². The van der Waals surface area contributed by atoms with Crippen LogP contribution >= 0.6 is 0 Å². The summed E-state index contributed by atoms with van der Waals surface area (Å²) in [4.78, 5) is 6.33. The Kier molecular flexibility index (Phi) is 9.33. The summed E-state index contributed by atoms with van der Waals surface area (Å²) >= 11 is 0. The fraction of sp³-hybridized carbons (Fsp3) is 0.480. The Morgan fingerprint density at radius 1 is 1.08 bits per heavy atom. The molecule has 0 aliphatic carbocycles. The van der Waals surface area contributed by atoms with Gasteiger partial charge in [-0.3, -0.25) is 0 Å². The van der Waals surface area contributed by atoms with Crippen molar-refractivity contribution in [1.82, 2.24) is 0 Å². The van der Waals surface area contributed by atoms with Gasteiger partial charge in [0.25, 0.3) is 5.90 Å². The van der Waals surface area contributed by atoms with Crippen molar-refractivity contribution >= 4 is 11.6 Å². The largest absolute Gasteiger partial charge is 0.468 e. The first kappa shape index (κ1) is 27.5. The summed E-state index contributed by atoms with van der Waals surface area (Å²) in [6.45, 7) is 5.61. The molecule has 1 fully saturated rings. The topological polar surface area (TPSA) is 98.0 Å². The molecule has 3 unspecified atom stereocenters. The molecular weight excluding hydrogens is 477 g/mol. The van der Waals surface area contributed by atoms with Crippen LogP contribution in [0.1, 0.15) is 26.3 Å². The number of benzene rings is 2. The zero-order valence-corrected chi connectivity index (χ0v) is 20.3. The third-order valence-corrected chi connectivity index (χ3v) is 6.29. The van der Waals surface area contributed by atoms with Crippen LogP contribution in [0.25, 0.3) is 10.4 Å². The SMILES string of the molecule is C[C@@H]1C(OCc2ccccc2)C(OC(=Nc2ccccc2)C(F)(F)F)OC(COCN=[N+]=[N-])C1(C)C. The number of alkyl halides is 3. The van der Waals surface area contributed by atoms with Gasteiger partial charge < -0.3 is 18.9 Å². The minimum absolute atomic E-state index is 0.0151. The van der Waals surface area contributed by atoms with Crippen LogP contribution in [0.5, 0.6) is 0 Å². The Bertz CT molecular complexity index is 1040. The second kappa shape index (κ2) is 12.2. The minimum Gasteiger partial charge on any atom is -0.441 e. The van der Waals surface area contributed by atoms with Gasteiger partial charge in [0, 0.05) is 4.91 Å². The fourth-order valence-electron chi connectivity index (χ4n) is 3.82. The molecule has 1 aliphatic heterocycles. The van der Waals surface area contributed by atoms with E-state index in [0.29, 0.717) is 0 Å². The number of azide groups is 1.